The monoisotopic (exact) mass is 374 g/mol. The maximum absolute atomic E-state index is 12.1. The van der Waals surface area contributed by atoms with Crippen LogP contribution in [0.1, 0.15) is 92.4 Å². The SMILES string of the molecule is CCCCCC1CC(CC2=CCCC(C)(C)C2/C=C(\C)C(C)=O)CC(=O)O1. The van der Waals surface area contributed by atoms with Crippen LogP contribution in [0, 0.1) is 17.3 Å². The molecule has 1 fully saturated rings. The van der Waals surface area contributed by atoms with Crippen molar-refractivity contribution in [1.82, 2.24) is 0 Å². The van der Waals surface area contributed by atoms with Crippen LogP contribution in [-0.2, 0) is 14.3 Å². The molecule has 152 valence electrons. The molecule has 3 heteroatoms. The van der Waals surface area contributed by atoms with Crippen LogP contribution in [0.15, 0.2) is 23.3 Å². The summed E-state index contributed by atoms with van der Waals surface area (Å²) in [6, 6.07) is 0. The summed E-state index contributed by atoms with van der Waals surface area (Å²) in [6.07, 6.45) is 13.8. The first kappa shape index (κ1) is 21.9. The number of esters is 1. The van der Waals surface area contributed by atoms with E-state index in [1.165, 1.54) is 18.4 Å². The number of carbonyl (C=O) groups is 2. The number of carbonyl (C=O) groups excluding carboxylic acids is 2. The third-order valence-corrected chi connectivity index (χ3v) is 6.41. The van der Waals surface area contributed by atoms with Gasteiger partial charge in [0.15, 0.2) is 5.78 Å². The molecule has 0 aromatic rings. The van der Waals surface area contributed by atoms with Crippen molar-refractivity contribution in [3.63, 3.8) is 0 Å². The van der Waals surface area contributed by atoms with Crippen LogP contribution in [0.5, 0.6) is 0 Å². The summed E-state index contributed by atoms with van der Waals surface area (Å²) in [5.74, 6) is 0.765. The fraction of sp³-hybridized carbons (Fsp3) is 0.750. The molecule has 0 aromatic carbocycles. The molecule has 1 heterocycles. The van der Waals surface area contributed by atoms with Crippen LogP contribution in [0.3, 0.4) is 0 Å². The van der Waals surface area contributed by atoms with E-state index in [1.54, 1.807) is 6.92 Å². The van der Waals surface area contributed by atoms with Crippen molar-refractivity contribution in [3.05, 3.63) is 23.3 Å². The highest BCUT2D eigenvalue weighted by molar-refractivity contribution is 5.92. The topological polar surface area (TPSA) is 43.4 Å². The van der Waals surface area contributed by atoms with E-state index in [2.05, 4.69) is 32.9 Å². The van der Waals surface area contributed by atoms with Gasteiger partial charge in [-0.2, -0.15) is 0 Å². The van der Waals surface area contributed by atoms with Crippen LogP contribution in [0.25, 0.3) is 0 Å². The molecule has 3 atom stereocenters. The molecule has 3 unspecified atom stereocenters. The molecule has 0 N–H and O–H groups in total. The standard InChI is InChI=1S/C24H38O3/c1-6-7-8-11-21-15-19(16-23(26)27-21)14-20-10-9-12-24(4,5)22(20)13-17(2)18(3)25/h10,13,19,21-22H,6-9,11-12,14-16H2,1-5H3/b17-13+. The van der Waals surface area contributed by atoms with E-state index in [4.69, 9.17) is 4.74 Å². The predicted octanol–water partition coefficient (Wildman–Crippen LogP) is 6.18. The summed E-state index contributed by atoms with van der Waals surface area (Å²) in [7, 11) is 0. The van der Waals surface area contributed by atoms with Crippen molar-refractivity contribution < 1.29 is 14.3 Å². The van der Waals surface area contributed by atoms with E-state index >= 15 is 0 Å². The highest BCUT2D eigenvalue weighted by atomic mass is 16.5. The number of rotatable bonds is 8. The smallest absolute Gasteiger partial charge is 0.306 e. The highest BCUT2D eigenvalue weighted by Crippen LogP contribution is 2.45. The van der Waals surface area contributed by atoms with Gasteiger partial charge in [-0.15, -0.1) is 0 Å². The molecule has 2 aliphatic rings. The van der Waals surface area contributed by atoms with E-state index in [9.17, 15) is 9.59 Å². The van der Waals surface area contributed by atoms with Crippen LogP contribution in [-0.4, -0.2) is 17.9 Å². The van der Waals surface area contributed by atoms with Gasteiger partial charge in [-0.25, -0.2) is 0 Å². The number of cyclic esters (lactones) is 1. The Morgan fingerprint density at radius 3 is 2.70 bits per heavy atom. The number of hydrogen-bond donors (Lipinski definition) is 0. The normalized spacial score (nSPS) is 28.5. The Bertz CT molecular complexity index is 597. The minimum absolute atomic E-state index is 0.0320. The van der Waals surface area contributed by atoms with Crippen molar-refractivity contribution in [3.8, 4) is 0 Å². The van der Waals surface area contributed by atoms with Crippen molar-refractivity contribution in [2.24, 2.45) is 17.3 Å². The molecular formula is C24H38O3. The average molecular weight is 375 g/mol. The Kier molecular flexibility index (Phi) is 7.88. The zero-order valence-electron chi connectivity index (χ0n) is 18.0. The summed E-state index contributed by atoms with van der Waals surface area (Å²) in [5, 5.41) is 0. The van der Waals surface area contributed by atoms with E-state index in [0.29, 0.717) is 12.3 Å². The van der Waals surface area contributed by atoms with Gasteiger partial charge < -0.3 is 4.74 Å². The van der Waals surface area contributed by atoms with E-state index in [1.807, 2.05) is 6.92 Å². The van der Waals surface area contributed by atoms with Crippen molar-refractivity contribution in [1.29, 1.82) is 0 Å². The first-order valence-corrected chi connectivity index (χ1v) is 10.8. The van der Waals surface area contributed by atoms with Gasteiger partial charge in [0, 0.05) is 12.3 Å². The molecule has 0 spiro atoms. The van der Waals surface area contributed by atoms with Crippen LogP contribution < -0.4 is 0 Å². The van der Waals surface area contributed by atoms with Gasteiger partial charge in [-0.05, 0) is 69.3 Å². The fourth-order valence-electron chi connectivity index (χ4n) is 4.58. The highest BCUT2D eigenvalue weighted by Gasteiger charge is 2.36. The van der Waals surface area contributed by atoms with Gasteiger partial charge in [-0.3, -0.25) is 9.59 Å². The molecule has 1 aliphatic heterocycles. The molecule has 3 nitrogen and oxygen atoms in total. The van der Waals surface area contributed by atoms with Gasteiger partial charge in [0.25, 0.3) is 0 Å². The summed E-state index contributed by atoms with van der Waals surface area (Å²) in [5.41, 5.74) is 2.41. The number of ketones is 1. The quantitative estimate of drug-likeness (QED) is 0.221. The van der Waals surface area contributed by atoms with Gasteiger partial charge in [0.05, 0.1) is 0 Å². The summed E-state index contributed by atoms with van der Waals surface area (Å²) < 4.78 is 5.60. The molecule has 1 aliphatic carbocycles. The zero-order valence-corrected chi connectivity index (χ0v) is 18.0. The molecular weight excluding hydrogens is 336 g/mol. The summed E-state index contributed by atoms with van der Waals surface area (Å²) >= 11 is 0. The summed E-state index contributed by atoms with van der Waals surface area (Å²) in [4.78, 5) is 23.9. The fourth-order valence-corrected chi connectivity index (χ4v) is 4.58. The lowest BCUT2D eigenvalue weighted by Gasteiger charge is -2.40. The molecule has 0 aromatic heterocycles. The lowest BCUT2D eigenvalue weighted by atomic mass is 9.65. The number of ether oxygens (including phenoxy) is 1. The van der Waals surface area contributed by atoms with Gasteiger partial charge >= 0.3 is 5.97 Å². The second kappa shape index (κ2) is 9.71. The Labute approximate surface area is 165 Å². The van der Waals surface area contributed by atoms with Gasteiger partial charge in [0.2, 0.25) is 0 Å². The van der Waals surface area contributed by atoms with Crippen molar-refractivity contribution in [2.75, 3.05) is 0 Å². The third-order valence-electron chi connectivity index (χ3n) is 6.41. The second-order valence-electron chi connectivity index (χ2n) is 9.31. The average Bonchev–Trinajstić information content (AvgIpc) is 2.57. The number of unbranched alkanes of at least 4 members (excludes halogenated alkanes) is 2. The maximum atomic E-state index is 12.1. The molecule has 0 bridgehead atoms. The van der Waals surface area contributed by atoms with Crippen molar-refractivity contribution in [2.45, 2.75) is 98.5 Å². The summed E-state index contributed by atoms with van der Waals surface area (Å²) in [6.45, 7) is 10.4. The Morgan fingerprint density at radius 1 is 1.30 bits per heavy atom. The van der Waals surface area contributed by atoms with Crippen LogP contribution >= 0.6 is 0 Å². The molecule has 1 saturated heterocycles. The van der Waals surface area contributed by atoms with E-state index in [-0.39, 0.29) is 29.2 Å². The third kappa shape index (κ3) is 6.33. The molecule has 0 amide bonds. The first-order chi connectivity index (χ1) is 12.7. The lowest BCUT2D eigenvalue weighted by Crippen LogP contribution is -2.32. The molecule has 2 rings (SSSR count). The molecule has 0 saturated carbocycles. The molecule has 0 radical (unpaired) electrons. The second-order valence-corrected chi connectivity index (χ2v) is 9.31. The maximum Gasteiger partial charge on any atom is 0.306 e. The Balaban J connectivity index is 2.10. The van der Waals surface area contributed by atoms with Gasteiger partial charge in [0.1, 0.15) is 6.10 Å². The van der Waals surface area contributed by atoms with Crippen LogP contribution in [0.4, 0.5) is 0 Å². The Hall–Kier alpha value is -1.38. The number of Topliss-reactive ketones (excluding diaryl/α,β-unsaturated/α-hetero) is 1. The largest absolute Gasteiger partial charge is 0.462 e. The minimum atomic E-state index is -0.0320. The van der Waals surface area contributed by atoms with E-state index < -0.39 is 0 Å². The molecule has 27 heavy (non-hydrogen) atoms. The van der Waals surface area contributed by atoms with Crippen LogP contribution in [0.2, 0.25) is 0 Å². The minimum Gasteiger partial charge on any atom is -0.462 e. The van der Waals surface area contributed by atoms with Gasteiger partial charge in [-0.1, -0.05) is 51.3 Å². The Morgan fingerprint density at radius 2 is 2.04 bits per heavy atom. The van der Waals surface area contributed by atoms with E-state index in [0.717, 1.165) is 44.1 Å². The van der Waals surface area contributed by atoms with Crippen molar-refractivity contribution >= 4 is 11.8 Å². The zero-order chi connectivity index (χ0) is 20.0. The first-order valence-electron chi connectivity index (χ1n) is 10.8. The predicted molar refractivity (Wildman–Crippen MR) is 110 cm³/mol. The lowest BCUT2D eigenvalue weighted by molar-refractivity contribution is -0.157. The number of hydrogen-bond acceptors (Lipinski definition) is 3. The number of allylic oxidation sites excluding steroid dienone is 4.